The van der Waals surface area contributed by atoms with Gasteiger partial charge in [-0.1, -0.05) is 32.0 Å². The van der Waals surface area contributed by atoms with Crippen LogP contribution >= 0.6 is 0 Å². The Labute approximate surface area is 112 Å². The minimum absolute atomic E-state index is 0.355. The second kappa shape index (κ2) is 5.26. The molecular formula is C15H18N2O2. The molecule has 0 saturated carbocycles. The molecule has 0 bridgehead atoms. The Hall–Kier alpha value is -2.10. The molecule has 0 aliphatic rings. The lowest BCUT2D eigenvalue weighted by molar-refractivity contribution is 0.0694. The van der Waals surface area contributed by atoms with Gasteiger partial charge in [0.2, 0.25) is 0 Å². The van der Waals surface area contributed by atoms with Crippen molar-refractivity contribution in [2.75, 3.05) is 0 Å². The Morgan fingerprint density at radius 2 is 1.95 bits per heavy atom. The van der Waals surface area contributed by atoms with Gasteiger partial charge in [0.15, 0.2) is 0 Å². The van der Waals surface area contributed by atoms with Gasteiger partial charge in [0, 0.05) is 0 Å². The number of carboxylic acids is 1. The van der Waals surface area contributed by atoms with Crippen molar-refractivity contribution in [3.8, 4) is 5.69 Å². The highest BCUT2D eigenvalue weighted by Gasteiger charge is 2.22. The molecular weight excluding hydrogens is 240 g/mol. The van der Waals surface area contributed by atoms with Crippen molar-refractivity contribution in [3.63, 3.8) is 0 Å². The molecule has 1 heterocycles. The number of hydrogen-bond acceptors (Lipinski definition) is 2. The number of hydrogen-bond donors (Lipinski definition) is 1. The van der Waals surface area contributed by atoms with Crippen LogP contribution in [-0.4, -0.2) is 20.9 Å². The smallest absolute Gasteiger partial charge is 0.339 e. The molecule has 1 N–H and O–H groups in total. The van der Waals surface area contributed by atoms with Crippen molar-refractivity contribution in [1.29, 1.82) is 0 Å². The molecule has 2 rings (SSSR count). The summed E-state index contributed by atoms with van der Waals surface area (Å²) in [6, 6.07) is 7.87. The van der Waals surface area contributed by atoms with E-state index < -0.39 is 5.97 Å². The van der Waals surface area contributed by atoms with Crippen molar-refractivity contribution in [1.82, 2.24) is 9.78 Å². The van der Waals surface area contributed by atoms with Crippen molar-refractivity contribution < 1.29 is 9.90 Å². The van der Waals surface area contributed by atoms with Gasteiger partial charge in [-0.2, -0.15) is 5.10 Å². The van der Waals surface area contributed by atoms with E-state index in [0.717, 1.165) is 16.9 Å². The van der Waals surface area contributed by atoms with E-state index in [1.54, 1.807) is 4.68 Å². The summed E-state index contributed by atoms with van der Waals surface area (Å²) in [5.74, 6) is -0.895. The number of benzene rings is 1. The average Bonchev–Trinajstić information content (AvgIpc) is 2.77. The lowest BCUT2D eigenvalue weighted by Crippen LogP contribution is -2.06. The molecule has 4 heteroatoms. The largest absolute Gasteiger partial charge is 0.478 e. The van der Waals surface area contributed by atoms with E-state index in [1.165, 1.54) is 0 Å². The molecule has 2 aromatic rings. The number of aromatic carboxylic acids is 1. The number of carboxylic acid groups (broad SMARTS) is 1. The first-order chi connectivity index (χ1) is 9.10. The fourth-order valence-corrected chi connectivity index (χ4v) is 2.32. The van der Waals surface area contributed by atoms with E-state index in [2.05, 4.69) is 5.10 Å². The third-order valence-corrected chi connectivity index (χ3v) is 3.28. The lowest BCUT2D eigenvalue weighted by atomic mass is 10.1. The van der Waals surface area contributed by atoms with Gasteiger partial charge in [0.25, 0.3) is 0 Å². The van der Waals surface area contributed by atoms with Crippen molar-refractivity contribution in [3.05, 3.63) is 46.8 Å². The Morgan fingerprint density at radius 1 is 1.26 bits per heavy atom. The van der Waals surface area contributed by atoms with Crippen LogP contribution in [0, 0.1) is 6.92 Å². The SMILES string of the molecule is CCc1nn(-c2ccccc2C)c(CC)c1C(=O)O. The fourth-order valence-electron chi connectivity index (χ4n) is 2.32. The molecule has 0 aliphatic heterocycles. The van der Waals surface area contributed by atoms with Crippen LogP contribution in [0.2, 0.25) is 0 Å². The Kier molecular flexibility index (Phi) is 3.69. The molecule has 1 aromatic heterocycles. The maximum absolute atomic E-state index is 11.4. The highest BCUT2D eigenvalue weighted by atomic mass is 16.4. The standard InChI is InChI=1S/C15H18N2O2/c1-4-11-14(15(18)19)12(5-2)17(16-11)13-9-7-6-8-10(13)3/h6-9H,4-5H2,1-3H3,(H,18,19). The summed E-state index contributed by atoms with van der Waals surface area (Å²) in [4.78, 5) is 11.4. The van der Waals surface area contributed by atoms with E-state index >= 15 is 0 Å². The molecule has 0 aliphatic carbocycles. The fraction of sp³-hybridized carbons (Fsp3) is 0.333. The van der Waals surface area contributed by atoms with E-state index in [9.17, 15) is 9.90 Å². The first-order valence-electron chi connectivity index (χ1n) is 6.50. The molecule has 4 nitrogen and oxygen atoms in total. The van der Waals surface area contributed by atoms with Gasteiger partial charge in [-0.3, -0.25) is 0 Å². The van der Waals surface area contributed by atoms with E-state index in [0.29, 0.717) is 24.1 Å². The average molecular weight is 258 g/mol. The highest BCUT2D eigenvalue weighted by molar-refractivity contribution is 5.90. The summed E-state index contributed by atoms with van der Waals surface area (Å²) in [6.07, 6.45) is 1.26. The number of rotatable bonds is 4. The predicted octanol–water partition coefficient (Wildman–Crippen LogP) is 3.00. The summed E-state index contributed by atoms with van der Waals surface area (Å²) in [5, 5.41) is 13.9. The molecule has 0 unspecified atom stereocenters. The van der Waals surface area contributed by atoms with Gasteiger partial charge in [0.05, 0.1) is 17.1 Å². The van der Waals surface area contributed by atoms with Gasteiger partial charge in [0.1, 0.15) is 5.56 Å². The molecule has 0 saturated heterocycles. The topological polar surface area (TPSA) is 55.1 Å². The highest BCUT2D eigenvalue weighted by Crippen LogP contribution is 2.22. The van der Waals surface area contributed by atoms with Crippen LogP contribution in [-0.2, 0) is 12.8 Å². The van der Waals surface area contributed by atoms with Crippen LogP contribution < -0.4 is 0 Å². The number of aromatic nitrogens is 2. The molecule has 0 atom stereocenters. The zero-order valence-corrected chi connectivity index (χ0v) is 11.5. The molecule has 0 radical (unpaired) electrons. The number of carbonyl (C=O) groups is 1. The van der Waals surface area contributed by atoms with Crippen LogP contribution in [0.4, 0.5) is 0 Å². The van der Waals surface area contributed by atoms with Gasteiger partial charge in [-0.05, 0) is 31.4 Å². The van der Waals surface area contributed by atoms with E-state index in [4.69, 9.17) is 0 Å². The molecule has 1 aromatic carbocycles. The van der Waals surface area contributed by atoms with Crippen LogP contribution in [0.1, 0.15) is 41.2 Å². The zero-order valence-electron chi connectivity index (χ0n) is 11.5. The second-order valence-corrected chi connectivity index (χ2v) is 4.48. The predicted molar refractivity (Wildman–Crippen MR) is 74.0 cm³/mol. The van der Waals surface area contributed by atoms with E-state index in [1.807, 2.05) is 45.0 Å². The van der Waals surface area contributed by atoms with Gasteiger partial charge < -0.3 is 5.11 Å². The quantitative estimate of drug-likeness (QED) is 0.917. The first-order valence-corrected chi connectivity index (χ1v) is 6.50. The van der Waals surface area contributed by atoms with Crippen molar-refractivity contribution in [2.24, 2.45) is 0 Å². The normalized spacial score (nSPS) is 10.7. The van der Waals surface area contributed by atoms with Gasteiger partial charge >= 0.3 is 5.97 Å². The second-order valence-electron chi connectivity index (χ2n) is 4.48. The Balaban J connectivity index is 2.71. The summed E-state index contributed by atoms with van der Waals surface area (Å²) in [5.41, 5.74) is 3.79. The number of nitrogens with zero attached hydrogens (tertiary/aromatic N) is 2. The minimum Gasteiger partial charge on any atom is -0.478 e. The van der Waals surface area contributed by atoms with Gasteiger partial charge in [-0.15, -0.1) is 0 Å². The summed E-state index contributed by atoms with van der Waals surface area (Å²) in [6.45, 7) is 5.89. The Morgan fingerprint density at radius 3 is 2.47 bits per heavy atom. The molecule has 0 fully saturated rings. The molecule has 19 heavy (non-hydrogen) atoms. The van der Waals surface area contributed by atoms with Crippen LogP contribution in [0.3, 0.4) is 0 Å². The monoisotopic (exact) mass is 258 g/mol. The molecule has 0 amide bonds. The maximum Gasteiger partial charge on any atom is 0.339 e. The van der Waals surface area contributed by atoms with E-state index in [-0.39, 0.29) is 0 Å². The van der Waals surface area contributed by atoms with Crippen LogP contribution in [0.15, 0.2) is 24.3 Å². The lowest BCUT2D eigenvalue weighted by Gasteiger charge is -2.09. The first kappa shape index (κ1) is 13.3. The summed E-state index contributed by atoms with van der Waals surface area (Å²) < 4.78 is 1.78. The third kappa shape index (κ3) is 2.26. The summed E-state index contributed by atoms with van der Waals surface area (Å²) >= 11 is 0. The molecule has 100 valence electrons. The third-order valence-electron chi connectivity index (χ3n) is 3.28. The molecule has 0 spiro atoms. The van der Waals surface area contributed by atoms with Crippen molar-refractivity contribution in [2.45, 2.75) is 33.6 Å². The maximum atomic E-state index is 11.4. The van der Waals surface area contributed by atoms with Gasteiger partial charge in [-0.25, -0.2) is 9.48 Å². The number of para-hydroxylation sites is 1. The number of aryl methyl sites for hydroxylation is 2. The van der Waals surface area contributed by atoms with Crippen molar-refractivity contribution >= 4 is 5.97 Å². The summed E-state index contributed by atoms with van der Waals surface area (Å²) in [7, 11) is 0. The van der Waals surface area contributed by atoms with Crippen LogP contribution in [0.5, 0.6) is 0 Å². The Bertz CT molecular complexity index is 615. The minimum atomic E-state index is -0.895. The van der Waals surface area contributed by atoms with Crippen LogP contribution in [0.25, 0.3) is 5.69 Å². The zero-order chi connectivity index (χ0) is 14.0.